The number of hydrogen-bond donors (Lipinski definition) is 2. The lowest BCUT2D eigenvalue weighted by molar-refractivity contribution is 0.0951. The summed E-state index contributed by atoms with van der Waals surface area (Å²) >= 11 is 3.37. The zero-order valence-electron chi connectivity index (χ0n) is 12.3. The molecule has 1 amide bonds. The molecule has 116 valence electrons. The van der Waals surface area contributed by atoms with Crippen LogP contribution in [0, 0.1) is 5.92 Å². The topological polar surface area (TPSA) is 63.2 Å². The summed E-state index contributed by atoms with van der Waals surface area (Å²) < 4.78 is 6.14. The minimum absolute atomic E-state index is 0.0821. The highest BCUT2D eigenvalue weighted by atomic mass is 79.9. The number of rotatable bonds is 7. The van der Waals surface area contributed by atoms with Crippen molar-refractivity contribution in [3.05, 3.63) is 22.3 Å². The number of aromatic nitrogens is 1. The second-order valence-corrected chi connectivity index (χ2v) is 6.17. The molecule has 2 heterocycles. The van der Waals surface area contributed by atoms with Crippen LogP contribution in [0.3, 0.4) is 0 Å². The first-order valence-electron chi connectivity index (χ1n) is 7.46. The number of halogens is 1. The van der Waals surface area contributed by atoms with Crippen molar-refractivity contribution in [2.24, 2.45) is 5.92 Å². The predicted molar refractivity (Wildman–Crippen MR) is 86.6 cm³/mol. The monoisotopic (exact) mass is 355 g/mol. The summed E-state index contributed by atoms with van der Waals surface area (Å²) in [4.78, 5) is 16.6. The van der Waals surface area contributed by atoms with Crippen LogP contribution in [-0.4, -0.2) is 37.2 Å². The van der Waals surface area contributed by atoms with E-state index in [0.717, 1.165) is 43.5 Å². The molecule has 5 nitrogen and oxygen atoms in total. The van der Waals surface area contributed by atoms with Gasteiger partial charge in [0.25, 0.3) is 5.91 Å². The molecule has 21 heavy (non-hydrogen) atoms. The number of ether oxygens (including phenoxy) is 1. The van der Waals surface area contributed by atoms with E-state index < -0.39 is 0 Å². The predicted octanol–water partition coefficient (Wildman–Crippen LogP) is 2.82. The summed E-state index contributed by atoms with van der Waals surface area (Å²) in [5.41, 5.74) is 0.584. The molecule has 0 spiro atoms. The Labute approximate surface area is 134 Å². The largest absolute Gasteiger partial charge is 0.381 e. The summed E-state index contributed by atoms with van der Waals surface area (Å²) in [7, 11) is 0. The quantitative estimate of drug-likeness (QED) is 0.789. The van der Waals surface area contributed by atoms with Gasteiger partial charge in [-0.1, -0.05) is 6.92 Å². The highest BCUT2D eigenvalue weighted by Gasteiger charge is 2.17. The molecule has 1 fully saturated rings. The second-order valence-electron chi connectivity index (χ2n) is 5.25. The lowest BCUT2D eigenvalue weighted by Crippen LogP contribution is -2.27. The highest BCUT2D eigenvalue weighted by molar-refractivity contribution is 9.10. The first-order valence-corrected chi connectivity index (χ1v) is 8.25. The van der Waals surface area contributed by atoms with Crippen molar-refractivity contribution in [3.8, 4) is 0 Å². The van der Waals surface area contributed by atoms with Crippen molar-refractivity contribution >= 4 is 27.7 Å². The van der Waals surface area contributed by atoms with Crippen LogP contribution < -0.4 is 10.6 Å². The molecule has 1 aliphatic heterocycles. The smallest absolute Gasteiger partial charge is 0.255 e. The van der Waals surface area contributed by atoms with E-state index >= 15 is 0 Å². The fourth-order valence-electron chi connectivity index (χ4n) is 2.29. The Hall–Kier alpha value is -1.14. The van der Waals surface area contributed by atoms with Crippen molar-refractivity contribution in [2.75, 3.05) is 31.6 Å². The van der Waals surface area contributed by atoms with E-state index in [4.69, 9.17) is 4.74 Å². The van der Waals surface area contributed by atoms with Crippen molar-refractivity contribution in [1.29, 1.82) is 0 Å². The normalized spacial score (nSPS) is 17.7. The van der Waals surface area contributed by atoms with Crippen LogP contribution in [-0.2, 0) is 4.74 Å². The number of amides is 1. The third kappa shape index (κ3) is 4.97. The molecule has 2 N–H and O–H groups in total. The standard InChI is InChI=1S/C15H22BrN3O2/c1-2-5-17-14-13(8-12(16)9-19-14)15(20)18-6-3-11-4-7-21-10-11/h8-9,11H,2-7,10H2,1H3,(H,17,19)(H,18,20). The number of nitrogens with one attached hydrogen (secondary N) is 2. The molecule has 1 atom stereocenters. The average molecular weight is 356 g/mol. The maximum Gasteiger partial charge on any atom is 0.255 e. The third-order valence-corrected chi connectivity index (χ3v) is 3.94. The van der Waals surface area contributed by atoms with Crippen LogP contribution in [0.1, 0.15) is 36.5 Å². The van der Waals surface area contributed by atoms with Gasteiger partial charge in [0.05, 0.1) is 5.56 Å². The van der Waals surface area contributed by atoms with Gasteiger partial charge in [-0.05, 0) is 47.2 Å². The number of pyridine rings is 1. The molecule has 1 saturated heterocycles. The van der Waals surface area contributed by atoms with Crippen LogP contribution in [0.15, 0.2) is 16.7 Å². The first kappa shape index (κ1) is 16.2. The maximum atomic E-state index is 12.3. The van der Waals surface area contributed by atoms with Crippen molar-refractivity contribution in [3.63, 3.8) is 0 Å². The molecular weight excluding hydrogens is 334 g/mol. The maximum absolute atomic E-state index is 12.3. The zero-order valence-corrected chi connectivity index (χ0v) is 13.9. The van der Waals surface area contributed by atoms with Gasteiger partial charge < -0.3 is 15.4 Å². The van der Waals surface area contributed by atoms with Gasteiger partial charge in [-0.3, -0.25) is 4.79 Å². The summed E-state index contributed by atoms with van der Waals surface area (Å²) in [5, 5.41) is 6.16. The Balaban J connectivity index is 1.91. The molecule has 0 bridgehead atoms. The Morgan fingerprint density at radius 1 is 1.52 bits per heavy atom. The molecule has 0 aliphatic carbocycles. The Kier molecular flexibility index (Phi) is 6.45. The second kappa shape index (κ2) is 8.34. The van der Waals surface area contributed by atoms with Gasteiger partial charge in [0, 0.05) is 37.0 Å². The van der Waals surface area contributed by atoms with Gasteiger partial charge in [-0.15, -0.1) is 0 Å². The minimum atomic E-state index is -0.0821. The van der Waals surface area contributed by atoms with E-state index in [1.807, 2.05) is 0 Å². The molecule has 0 aromatic carbocycles. The van der Waals surface area contributed by atoms with E-state index in [9.17, 15) is 4.79 Å². The van der Waals surface area contributed by atoms with Gasteiger partial charge in [0.15, 0.2) is 0 Å². The lowest BCUT2D eigenvalue weighted by Gasteiger charge is -2.12. The summed E-state index contributed by atoms with van der Waals surface area (Å²) in [5.74, 6) is 1.13. The molecular formula is C15H22BrN3O2. The number of carbonyl (C=O) groups excluding carboxylic acids is 1. The van der Waals surface area contributed by atoms with E-state index in [-0.39, 0.29) is 5.91 Å². The summed E-state index contributed by atoms with van der Waals surface area (Å²) in [6.45, 7) is 5.22. The van der Waals surface area contributed by atoms with E-state index in [1.165, 1.54) is 0 Å². The van der Waals surface area contributed by atoms with Gasteiger partial charge in [0.2, 0.25) is 0 Å². The first-order chi connectivity index (χ1) is 10.2. The zero-order chi connectivity index (χ0) is 15.1. The average Bonchev–Trinajstić information content (AvgIpc) is 2.99. The van der Waals surface area contributed by atoms with Crippen LogP contribution in [0.2, 0.25) is 0 Å². The third-order valence-electron chi connectivity index (χ3n) is 3.50. The molecule has 6 heteroatoms. The summed E-state index contributed by atoms with van der Waals surface area (Å²) in [6.07, 6.45) is 4.74. The Morgan fingerprint density at radius 3 is 3.10 bits per heavy atom. The van der Waals surface area contributed by atoms with E-state index in [0.29, 0.717) is 23.8 Å². The lowest BCUT2D eigenvalue weighted by atomic mass is 10.1. The van der Waals surface area contributed by atoms with Gasteiger partial charge in [-0.25, -0.2) is 4.98 Å². The number of hydrogen-bond acceptors (Lipinski definition) is 4. The van der Waals surface area contributed by atoms with Gasteiger partial charge in [0.1, 0.15) is 5.82 Å². The molecule has 0 saturated carbocycles. The number of anilines is 1. The van der Waals surface area contributed by atoms with E-state index in [1.54, 1.807) is 12.3 Å². The van der Waals surface area contributed by atoms with Gasteiger partial charge >= 0.3 is 0 Å². The van der Waals surface area contributed by atoms with Crippen LogP contribution in [0.4, 0.5) is 5.82 Å². The fraction of sp³-hybridized carbons (Fsp3) is 0.600. The Morgan fingerprint density at radius 2 is 2.38 bits per heavy atom. The van der Waals surface area contributed by atoms with Gasteiger partial charge in [-0.2, -0.15) is 0 Å². The molecule has 1 aromatic rings. The van der Waals surface area contributed by atoms with Crippen molar-refractivity contribution < 1.29 is 9.53 Å². The number of nitrogens with zero attached hydrogens (tertiary/aromatic N) is 1. The SMILES string of the molecule is CCCNc1ncc(Br)cc1C(=O)NCCC1CCOC1. The highest BCUT2D eigenvalue weighted by Crippen LogP contribution is 2.19. The number of carbonyl (C=O) groups is 1. The van der Waals surface area contributed by atoms with Crippen LogP contribution in [0.25, 0.3) is 0 Å². The van der Waals surface area contributed by atoms with Crippen molar-refractivity contribution in [2.45, 2.75) is 26.2 Å². The molecule has 0 radical (unpaired) electrons. The Bertz CT molecular complexity index is 476. The summed E-state index contributed by atoms with van der Waals surface area (Å²) in [6, 6.07) is 1.80. The molecule has 2 rings (SSSR count). The molecule has 1 unspecified atom stereocenters. The van der Waals surface area contributed by atoms with Crippen LogP contribution in [0.5, 0.6) is 0 Å². The van der Waals surface area contributed by atoms with Crippen molar-refractivity contribution in [1.82, 2.24) is 10.3 Å². The van der Waals surface area contributed by atoms with Crippen LogP contribution >= 0.6 is 15.9 Å². The molecule has 1 aromatic heterocycles. The molecule has 1 aliphatic rings. The van der Waals surface area contributed by atoms with E-state index in [2.05, 4.69) is 38.5 Å². The minimum Gasteiger partial charge on any atom is -0.381 e. The fourth-order valence-corrected chi connectivity index (χ4v) is 2.62.